The molecule has 7 heteroatoms. The molecule has 0 spiro atoms. The Bertz CT molecular complexity index is 530. The van der Waals surface area contributed by atoms with Crippen LogP contribution in [0.3, 0.4) is 0 Å². The third-order valence-corrected chi connectivity index (χ3v) is 2.79. The molecular formula is C15H21F3N2O2. The van der Waals surface area contributed by atoms with E-state index < -0.39 is 35.2 Å². The molecule has 0 aliphatic heterocycles. The molecule has 22 heavy (non-hydrogen) atoms. The molecule has 3 N–H and O–H groups in total. The van der Waals surface area contributed by atoms with Crippen LogP contribution in [0.15, 0.2) is 12.1 Å². The summed E-state index contributed by atoms with van der Waals surface area (Å²) in [6.07, 6.45) is -0.342. The highest BCUT2D eigenvalue weighted by atomic mass is 19.2. The van der Waals surface area contributed by atoms with E-state index in [4.69, 9.17) is 10.5 Å². The molecule has 1 rings (SSSR count). The Morgan fingerprint density at radius 3 is 2.36 bits per heavy atom. The molecule has 1 atom stereocenters. The Hall–Kier alpha value is -1.76. The summed E-state index contributed by atoms with van der Waals surface area (Å²) in [6.45, 7) is 5.37. The number of rotatable bonds is 5. The van der Waals surface area contributed by atoms with Gasteiger partial charge in [-0.15, -0.1) is 0 Å². The summed E-state index contributed by atoms with van der Waals surface area (Å²) in [4.78, 5) is 11.7. The van der Waals surface area contributed by atoms with E-state index in [2.05, 4.69) is 5.32 Å². The Morgan fingerprint density at radius 2 is 1.82 bits per heavy atom. The standard InChI is InChI=1S/C15H21F3N2O2/c1-15(2,3)22-14(21)20-10(4-5-19)6-9-7-12(17)13(18)8-11(9)16/h7-8,10H,4-6,19H2,1-3H3,(H,20,21)/t10-/m0/s1. The van der Waals surface area contributed by atoms with Gasteiger partial charge in [0.1, 0.15) is 11.4 Å². The smallest absolute Gasteiger partial charge is 0.407 e. The largest absolute Gasteiger partial charge is 0.444 e. The van der Waals surface area contributed by atoms with Crippen molar-refractivity contribution in [2.75, 3.05) is 6.54 Å². The van der Waals surface area contributed by atoms with Gasteiger partial charge in [0.05, 0.1) is 0 Å². The van der Waals surface area contributed by atoms with Gasteiger partial charge in [-0.1, -0.05) is 0 Å². The lowest BCUT2D eigenvalue weighted by atomic mass is 10.0. The lowest BCUT2D eigenvalue weighted by Crippen LogP contribution is -2.41. The van der Waals surface area contributed by atoms with Gasteiger partial charge < -0.3 is 15.8 Å². The van der Waals surface area contributed by atoms with Crippen LogP contribution in [0, 0.1) is 17.5 Å². The average molecular weight is 318 g/mol. The van der Waals surface area contributed by atoms with Crippen molar-refractivity contribution in [3.8, 4) is 0 Å². The molecule has 0 aromatic heterocycles. The maximum Gasteiger partial charge on any atom is 0.407 e. The van der Waals surface area contributed by atoms with Crippen LogP contribution in [0.5, 0.6) is 0 Å². The summed E-state index contributed by atoms with van der Waals surface area (Å²) in [5.74, 6) is -3.26. The second-order valence-corrected chi connectivity index (χ2v) is 5.98. The van der Waals surface area contributed by atoms with E-state index in [1.807, 2.05) is 0 Å². The quantitative estimate of drug-likeness (QED) is 0.821. The number of carbonyl (C=O) groups excluding carboxylic acids is 1. The van der Waals surface area contributed by atoms with Crippen LogP contribution in [0.25, 0.3) is 0 Å². The first kappa shape index (κ1) is 18.3. The minimum absolute atomic E-state index is 0.0144. The van der Waals surface area contributed by atoms with E-state index in [0.29, 0.717) is 12.5 Å². The SMILES string of the molecule is CC(C)(C)OC(=O)N[C@@H](CCN)Cc1cc(F)c(F)cc1F. The first-order valence-corrected chi connectivity index (χ1v) is 6.95. The Morgan fingerprint density at radius 1 is 1.23 bits per heavy atom. The number of nitrogens with two attached hydrogens (primary N) is 1. The molecule has 124 valence electrons. The number of hydrogen-bond acceptors (Lipinski definition) is 3. The number of ether oxygens (including phenoxy) is 1. The fourth-order valence-electron chi connectivity index (χ4n) is 1.89. The zero-order chi connectivity index (χ0) is 16.9. The van der Waals surface area contributed by atoms with E-state index >= 15 is 0 Å². The number of hydrogen-bond donors (Lipinski definition) is 2. The van der Waals surface area contributed by atoms with Crippen molar-refractivity contribution < 1.29 is 22.7 Å². The van der Waals surface area contributed by atoms with Gasteiger partial charge in [-0.25, -0.2) is 18.0 Å². The van der Waals surface area contributed by atoms with Gasteiger partial charge in [0, 0.05) is 12.1 Å². The monoisotopic (exact) mass is 318 g/mol. The fourth-order valence-corrected chi connectivity index (χ4v) is 1.89. The average Bonchev–Trinajstić information content (AvgIpc) is 2.33. The van der Waals surface area contributed by atoms with Gasteiger partial charge in [-0.3, -0.25) is 0 Å². The van der Waals surface area contributed by atoms with Crippen molar-refractivity contribution in [1.29, 1.82) is 0 Å². The lowest BCUT2D eigenvalue weighted by molar-refractivity contribution is 0.0502. The van der Waals surface area contributed by atoms with Crippen LogP contribution in [0.2, 0.25) is 0 Å². The van der Waals surface area contributed by atoms with E-state index in [-0.39, 0.29) is 18.5 Å². The molecule has 0 aliphatic rings. The first-order valence-electron chi connectivity index (χ1n) is 6.95. The minimum Gasteiger partial charge on any atom is -0.444 e. The van der Waals surface area contributed by atoms with Gasteiger partial charge in [0.25, 0.3) is 0 Å². The van der Waals surface area contributed by atoms with Crippen molar-refractivity contribution in [3.05, 3.63) is 35.1 Å². The third-order valence-electron chi connectivity index (χ3n) is 2.79. The zero-order valence-electron chi connectivity index (χ0n) is 12.9. The van der Waals surface area contributed by atoms with Crippen molar-refractivity contribution in [1.82, 2.24) is 5.32 Å². The van der Waals surface area contributed by atoms with E-state index in [0.717, 1.165) is 6.07 Å². The van der Waals surface area contributed by atoms with E-state index in [1.165, 1.54) is 0 Å². The molecule has 1 aromatic rings. The third kappa shape index (κ3) is 5.93. The molecule has 1 aromatic carbocycles. The van der Waals surface area contributed by atoms with E-state index in [9.17, 15) is 18.0 Å². The summed E-state index contributed by atoms with van der Waals surface area (Å²) >= 11 is 0. The first-order chi connectivity index (χ1) is 10.1. The van der Waals surface area contributed by atoms with Crippen LogP contribution in [-0.2, 0) is 11.2 Å². The molecule has 0 radical (unpaired) electrons. The van der Waals surface area contributed by atoms with Crippen LogP contribution in [0.4, 0.5) is 18.0 Å². The molecule has 0 saturated heterocycles. The number of halogens is 3. The summed E-state index contributed by atoms with van der Waals surface area (Å²) < 4.78 is 44.9. The summed E-state index contributed by atoms with van der Waals surface area (Å²) in [5.41, 5.74) is 4.75. The van der Waals surface area contributed by atoms with Crippen molar-refractivity contribution >= 4 is 6.09 Å². The number of carbonyl (C=O) groups is 1. The lowest BCUT2D eigenvalue weighted by Gasteiger charge is -2.23. The maximum absolute atomic E-state index is 13.7. The summed E-state index contributed by atoms with van der Waals surface area (Å²) in [7, 11) is 0. The molecule has 0 aliphatic carbocycles. The topological polar surface area (TPSA) is 64.3 Å². The predicted octanol–water partition coefficient (Wildman–Crippen LogP) is 2.89. The highest BCUT2D eigenvalue weighted by Gasteiger charge is 2.21. The second kappa shape index (κ2) is 7.49. The second-order valence-electron chi connectivity index (χ2n) is 5.98. The van der Waals surface area contributed by atoms with Crippen LogP contribution in [-0.4, -0.2) is 24.3 Å². The highest BCUT2D eigenvalue weighted by molar-refractivity contribution is 5.68. The molecule has 4 nitrogen and oxygen atoms in total. The Kier molecular flexibility index (Phi) is 6.22. The van der Waals surface area contributed by atoms with Gasteiger partial charge >= 0.3 is 6.09 Å². The molecule has 0 fully saturated rings. The number of benzene rings is 1. The van der Waals surface area contributed by atoms with Crippen LogP contribution < -0.4 is 11.1 Å². The number of alkyl carbamates (subject to hydrolysis) is 1. The van der Waals surface area contributed by atoms with Crippen LogP contribution >= 0.6 is 0 Å². The van der Waals surface area contributed by atoms with Crippen LogP contribution in [0.1, 0.15) is 32.8 Å². The number of amides is 1. The molecule has 1 amide bonds. The predicted molar refractivity (Wildman–Crippen MR) is 76.8 cm³/mol. The Labute approximate surface area is 127 Å². The van der Waals surface area contributed by atoms with Gasteiger partial charge in [0.2, 0.25) is 0 Å². The minimum atomic E-state index is -1.25. The van der Waals surface area contributed by atoms with Crippen molar-refractivity contribution in [3.63, 3.8) is 0 Å². The summed E-state index contributed by atoms with van der Waals surface area (Å²) in [6, 6.07) is 0.724. The molecule has 0 unspecified atom stereocenters. The molecule has 0 saturated carbocycles. The molecular weight excluding hydrogens is 297 g/mol. The zero-order valence-corrected chi connectivity index (χ0v) is 12.9. The van der Waals surface area contributed by atoms with Gasteiger partial charge in [-0.2, -0.15) is 0 Å². The van der Waals surface area contributed by atoms with Crippen molar-refractivity contribution in [2.45, 2.75) is 45.3 Å². The van der Waals surface area contributed by atoms with Gasteiger partial charge in [0.15, 0.2) is 11.6 Å². The summed E-state index contributed by atoms with van der Waals surface area (Å²) in [5, 5.41) is 2.56. The van der Waals surface area contributed by atoms with E-state index in [1.54, 1.807) is 20.8 Å². The van der Waals surface area contributed by atoms with Crippen molar-refractivity contribution in [2.24, 2.45) is 5.73 Å². The molecule has 0 heterocycles. The maximum atomic E-state index is 13.7. The number of nitrogens with one attached hydrogen (secondary N) is 1. The highest BCUT2D eigenvalue weighted by Crippen LogP contribution is 2.16. The molecule has 0 bridgehead atoms. The van der Waals surface area contributed by atoms with Gasteiger partial charge in [-0.05, 0) is 51.8 Å². The Balaban J connectivity index is 2.80. The fraction of sp³-hybridized carbons (Fsp3) is 0.533. The normalized spacial score (nSPS) is 12.9.